The number of rotatable bonds is 5. The summed E-state index contributed by atoms with van der Waals surface area (Å²) in [6, 6.07) is 5.15. The Kier molecular flexibility index (Phi) is 5.34. The van der Waals surface area contributed by atoms with Crippen LogP contribution in [0.25, 0.3) is 0 Å². The molecule has 1 fully saturated rings. The summed E-state index contributed by atoms with van der Waals surface area (Å²) in [5.74, 6) is 0.888. The van der Waals surface area contributed by atoms with E-state index in [4.69, 9.17) is 4.74 Å². The van der Waals surface area contributed by atoms with Gasteiger partial charge in [0.2, 0.25) is 0 Å². The van der Waals surface area contributed by atoms with E-state index in [0.29, 0.717) is 18.5 Å². The normalized spacial score (nSPS) is 19.8. The van der Waals surface area contributed by atoms with Crippen LogP contribution < -0.4 is 4.74 Å². The topological polar surface area (TPSA) is 63.7 Å². The van der Waals surface area contributed by atoms with Gasteiger partial charge in [0, 0.05) is 18.2 Å². The summed E-state index contributed by atoms with van der Waals surface area (Å²) >= 11 is 0. The first kappa shape index (κ1) is 17.8. The maximum absolute atomic E-state index is 12.7. The summed E-state index contributed by atoms with van der Waals surface area (Å²) in [4.78, 5) is 14.4. The molecule has 1 heterocycles. The SMILES string of the molecule is CCN(C(=O)c1ccc(OC(C)C)c(C)c1)C1CCS(=O)(=O)C1. The van der Waals surface area contributed by atoms with Crippen molar-refractivity contribution in [1.29, 1.82) is 0 Å². The molecule has 1 aromatic rings. The van der Waals surface area contributed by atoms with Gasteiger partial charge >= 0.3 is 0 Å². The molecule has 6 heteroatoms. The second-order valence-corrected chi connectivity index (χ2v) is 8.52. The van der Waals surface area contributed by atoms with Crippen LogP contribution in [0.3, 0.4) is 0 Å². The van der Waals surface area contributed by atoms with Crippen molar-refractivity contribution in [3.63, 3.8) is 0 Å². The molecule has 1 saturated heterocycles. The highest BCUT2D eigenvalue weighted by atomic mass is 32.2. The second kappa shape index (κ2) is 6.91. The molecule has 1 amide bonds. The van der Waals surface area contributed by atoms with Crippen molar-refractivity contribution < 1.29 is 17.9 Å². The van der Waals surface area contributed by atoms with Crippen molar-refractivity contribution in [1.82, 2.24) is 4.90 Å². The van der Waals surface area contributed by atoms with Crippen molar-refractivity contribution in [2.75, 3.05) is 18.1 Å². The van der Waals surface area contributed by atoms with Crippen molar-refractivity contribution in [3.8, 4) is 5.75 Å². The molecule has 0 aromatic heterocycles. The predicted molar refractivity (Wildman–Crippen MR) is 90.7 cm³/mol. The van der Waals surface area contributed by atoms with Crippen LogP contribution in [-0.2, 0) is 9.84 Å². The van der Waals surface area contributed by atoms with E-state index in [1.165, 1.54) is 0 Å². The summed E-state index contributed by atoms with van der Waals surface area (Å²) < 4.78 is 29.0. The van der Waals surface area contributed by atoms with Crippen LogP contribution in [0.4, 0.5) is 0 Å². The maximum atomic E-state index is 12.7. The highest BCUT2D eigenvalue weighted by molar-refractivity contribution is 7.91. The lowest BCUT2D eigenvalue weighted by Gasteiger charge is -2.27. The number of ether oxygens (including phenoxy) is 1. The number of amides is 1. The summed E-state index contributed by atoms with van der Waals surface area (Å²) in [6.07, 6.45) is 0.598. The number of sulfone groups is 1. The smallest absolute Gasteiger partial charge is 0.254 e. The van der Waals surface area contributed by atoms with Crippen molar-refractivity contribution in [3.05, 3.63) is 29.3 Å². The lowest BCUT2D eigenvalue weighted by atomic mass is 10.1. The molecule has 23 heavy (non-hydrogen) atoms. The van der Waals surface area contributed by atoms with Gasteiger partial charge < -0.3 is 9.64 Å². The number of benzene rings is 1. The first-order chi connectivity index (χ1) is 10.7. The molecule has 0 bridgehead atoms. The molecule has 0 radical (unpaired) electrons. The molecule has 0 saturated carbocycles. The molecule has 1 atom stereocenters. The summed E-state index contributed by atoms with van der Waals surface area (Å²) in [6.45, 7) is 8.20. The first-order valence-corrected chi connectivity index (χ1v) is 9.84. The molecular weight excluding hydrogens is 314 g/mol. The van der Waals surface area contributed by atoms with Crippen molar-refractivity contribution in [2.24, 2.45) is 0 Å². The Morgan fingerprint density at radius 1 is 1.39 bits per heavy atom. The Balaban J connectivity index is 2.19. The van der Waals surface area contributed by atoms with Gasteiger partial charge in [-0.25, -0.2) is 8.42 Å². The predicted octanol–water partition coefficient (Wildman–Crippen LogP) is 2.43. The molecule has 0 aliphatic carbocycles. The largest absolute Gasteiger partial charge is 0.491 e. The lowest BCUT2D eigenvalue weighted by Crippen LogP contribution is -2.41. The van der Waals surface area contributed by atoms with Gasteiger partial charge in [-0.05, 0) is 57.9 Å². The molecule has 2 rings (SSSR count). The first-order valence-electron chi connectivity index (χ1n) is 8.02. The van der Waals surface area contributed by atoms with Gasteiger partial charge in [-0.15, -0.1) is 0 Å². The Hall–Kier alpha value is -1.56. The average Bonchev–Trinajstić information content (AvgIpc) is 2.81. The van der Waals surface area contributed by atoms with Gasteiger partial charge in [-0.3, -0.25) is 4.79 Å². The second-order valence-electron chi connectivity index (χ2n) is 6.29. The number of hydrogen-bond acceptors (Lipinski definition) is 4. The summed E-state index contributed by atoms with van der Waals surface area (Å²) in [7, 11) is -3.01. The fourth-order valence-corrected chi connectivity index (χ4v) is 4.65. The minimum Gasteiger partial charge on any atom is -0.491 e. The minimum atomic E-state index is -3.01. The Morgan fingerprint density at radius 3 is 2.57 bits per heavy atom. The zero-order valence-electron chi connectivity index (χ0n) is 14.2. The third kappa shape index (κ3) is 4.25. The Bertz CT molecular complexity index is 682. The minimum absolute atomic E-state index is 0.0695. The van der Waals surface area contributed by atoms with E-state index in [2.05, 4.69) is 0 Å². The van der Waals surface area contributed by atoms with Gasteiger partial charge in [0.15, 0.2) is 9.84 Å². The van der Waals surface area contributed by atoms with E-state index in [-0.39, 0.29) is 29.6 Å². The summed E-state index contributed by atoms with van der Waals surface area (Å²) in [5, 5.41) is 0. The molecule has 128 valence electrons. The van der Waals surface area contributed by atoms with Gasteiger partial charge in [0.1, 0.15) is 5.75 Å². The highest BCUT2D eigenvalue weighted by Gasteiger charge is 2.34. The molecule has 1 unspecified atom stereocenters. The van der Waals surface area contributed by atoms with Gasteiger partial charge in [-0.2, -0.15) is 0 Å². The molecule has 1 aliphatic heterocycles. The van der Waals surface area contributed by atoms with Gasteiger partial charge in [0.05, 0.1) is 17.6 Å². The van der Waals surface area contributed by atoms with Crippen LogP contribution in [0, 0.1) is 6.92 Å². The fraction of sp³-hybridized carbons (Fsp3) is 0.588. The van der Waals surface area contributed by atoms with E-state index in [0.717, 1.165) is 11.3 Å². The van der Waals surface area contributed by atoms with Crippen LogP contribution in [0.15, 0.2) is 18.2 Å². The molecule has 0 N–H and O–H groups in total. The van der Waals surface area contributed by atoms with Crippen LogP contribution in [0.5, 0.6) is 5.75 Å². The Labute approximate surface area is 138 Å². The third-order valence-corrected chi connectivity index (χ3v) is 5.79. The highest BCUT2D eigenvalue weighted by Crippen LogP contribution is 2.24. The average molecular weight is 339 g/mol. The lowest BCUT2D eigenvalue weighted by molar-refractivity contribution is 0.0708. The van der Waals surface area contributed by atoms with E-state index < -0.39 is 9.84 Å². The molecule has 0 spiro atoms. The number of aryl methyl sites for hydroxylation is 1. The maximum Gasteiger partial charge on any atom is 0.254 e. The Morgan fingerprint density at radius 2 is 2.09 bits per heavy atom. The van der Waals surface area contributed by atoms with E-state index >= 15 is 0 Å². The molecule has 5 nitrogen and oxygen atoms in total. The number of carbonyl (C=O) groups excluding carboxylic acids is 1. The third-order valence-electron chi connectivity index (χ3n) is 4.04. The van der Waals surface area contributed by atoms with Crippen molar-refractivity contribution >= 4 is 15.7 Å². The monoisotopic (exact) mass is 339 g/mol. The van der Waals surface area contributed by atoms with E-state index in [9.17, 15) is 13.2 Å². The molecular formula is C17H25NO4S. The quantitative estimate of drug-likeness (QED) is 0.826. The van der Waals surface area contributed by atoms with Crippen LogP contribution in [0.2, 0.25) is 0 Å². The zero-order chi connectivity index (χ0) is 17.2. The van der Waals surface area contributed by atoms with E-state index in [1.807, 2.05) is 39.8 Å². The summed E-state index contributed by atoms with van der Waals surface area (Å²) in [5.41, 5.74) is 1.48. The molecule has 1 aromatic carbocycles. The van der Waals surface area contributed by atoms with E-state index in [1.54, 1.807) is 11.0 Å². The van der Waals surface area contributed by atoms with Crippen molar-refractivity contribution in [2.45, 2.75) is 46.3 Å². The number of hydrogen-bond donors (Lipinski definition) is 0. The zero-order valence-corrected chi connectivity index (χ0v) is 15.0. The standard InChI is InChI=1S/C17H25NO4S/c1-5-18(15-8-9-23(20,21)11-15)17(19)14-6-7-16(13(4)10-14)22-12(2)3/h6-7,10,12,15H,5,8-9,11H2,1-4H3. The molecule has 1 aliphatic rings. The van der Waals surface area contributed by atoms with Crippen LogP contribution in [-0.4, -0.2) is 49.4 Å². The number of nitrogens with zero attached hydrogens (tertiary/aromatic N) is 1. The van der Waals surface area contributed by atoms with Crippen LogP contribution >= 0.6 is 0 Å². The van der Waals surface area contributed by atoms with Gasteiger partial charge in [-0.1, -0.05) is 0 Å². The number of carbonyl (C=O) groups is 1. The van der Waals surface area contributed by atoms with Gasteiger partial charge in [0.25, 0.3) is 5.91 Å². The fourth-order valence-electron chi connectivity index (χ4n) is 2.92. The van der Waals surface area contributed by atoms with Crippen LogP contribution in [0.1, 0.15) is 43.1 Å².